The van der Waals surface area contributed by atoms with Crippen LogP contribution in [0, 0.1) is 11.3 Å². The number of rotatable bonds is 13. The number of pyridine rings is 1. The summed E-state index contributed by atoms with van der Waals surface area (Å²) in [5.41, 5.74) is 8.83. The Hall–Kier alpha value is -5.61. The molecule has 12 heteroatoms. The third-order valence-corrected chi connectivity index (χ3v) is 10.9. The molecule has 2 aliphatic rings. The maximum Gasteiger partial charge on any atom is 0.251 e. The lowest BCUT2D eigenvalue weighted by Gasteiger charge is -2.36. The Morgan fingerprint density at radius 1 is 0.912 bits per heavy atom. The molecule has 4 heterocycles. The Bertz CT molecular complexity index is 2260. The van der Waals surface area contributed by atoms with Gasteiger partial charge < -0.3 is 26.0 Å². The summed E-state index contributed by atoms with van der Waals surface area (Å²) in [7, 11) is 0. The first kappa shape index (κ1) is 39.6. The number of nitrogens with zero attached hydrogens (tertiary/aromatic N) is 5. The van der Waals surface area contributed by atoms with Crippen molar-refractivity contribution >= 4 is 28.5 Å². The van der Waals surface area contributed by atoms with Crippen LogP contribution >= 0.6 is 0 Å². The molecule has 57 heavy (non-hydrogen) atoms. The standard InChI is InChI=1S/C45H53N9O3/c1-5-41-39(42(51-37-15-17-57-18-16-37)40-25-49-54(6-2)43(40)52-41)24-48-45(56)35-12-8-11-34(21-35)44(55)47-23-31-13-14-36(22-46)38(20-31)33-10-7-9-32(19-33)28-53-26-29(3)50-30(4)27-53/h7-14,19-21,25,29-30,37,50H,5-6,15-18,23-24,26-28H2,1-4H3,(H,47,55)(H,48,56)(H,51,52)/t29-,30+. The van der Waals surface area contributed by atoms with Crippen molar-refractivity contribution in [2.75, 3.05) is 31.6 Å². The first-order valence-corrected chi connectivity index (χ1v) is 20.2. The van der Waals surface area contributed by atoms with Gasteiger partial charge in [-0.2, -0.15) is 10.4 Å². The van der Waals surface area contributed by atoms with Crippen LogP contribution in [0.4, 0.5) is 5.69 Å². The number of nitriles is 1. The normalized spacial score (nSPS) is 17.6. The zero-order chi connectivity index (χ0) is 39.9. The lowest BCUT2D eigenvalue weighted by Crippen LogP contribution is -2.53. The van der Waals surface area contributed by atoms with Crippen LogP contribution in [0.15, 0.2) is 72.9 Å². The van der Waals surface area contributed by atoms with Gasteiger partial charge in [0.25, 0.3) is 11.8 Å². The molecular formula is C45H53N9O3. The molecule has 12 nitrogen and oxygen atoms in total. The van der Waals surface area contributed by atoms with Gasteiger partial charge in [-0.1, -0.05) is 37.3 Å². The fourth-order valence-corrected chi connectivity index (χ4v) is 8.16. The predicted octanol–water partition coefficient (Wildman–Crippen LogP) is 6.19. The number of benzene rings is 3. The molecule has 2 aliphatic heterocycles. The fraction of sp³-hybridized carbons (Fsp3) is 0.400. The summed E-state index contributed by atoms with van der Waals surface area (Å²) in [6.45, 7) is 14.0. The molecule has 0 unspecified atom stereocenters. The number of nitrogens with one attached hydrogen (secondary N) is 4. The molecule has 2 fully saturated rings. The number of amides is 2. The first-order chi connectivity index (χ1) is 27.7. The van der Waals surface area contributed by atoms with Crippen LogP contribution in [-0.2, 0) is 37.3 Å². The molecular weight excluding hydrogens is 715 g/mol. The van der Waals surface area contributed by atoms with Crippen LogP contribution in [0.2, 0.25) is 0 Å². The van der Waals surface area contributed by atoms with Crippen molar-refractivity contribution in [2.24, 2.45) is 0 Å². The minimum atomic E-state index is -0.296. The summed E-state index contributed by atoms with van der Waals surface area (Å²) in [6.07, 6.45) is 4.33. The third kappa shape index (κ3) is 9.34. The second-order valence-corrected chi connectivity index (χ2v) is 15.3. The Morgan fingerprint density at radius 3 is 2.33 bits per heavy atom. The van der Waals surface area contributed by atoms with Crippen LogP contribution in [0.1, 0.15) is 89.2 Å². The van der Waals surface area contributed by atoms with Gasteiger partial charge in [-0.15, -0.1) is 0 Å². The number of aryl methyl sites for hydroxylation is 2. The van der Waals surface area contributed by atoms with E-state index < -0.39 is 0 Å². The third-order valence-electron chi connectivity index (χ3n) is 10.9. The van der Waals surface area contributed by atoms with Crippen molar-refractivity contribution < 1.29 is 14.3 Å². The summed E-state index contributed by atoms with van der Waals surface area (Å²) in [5, 5.41) is 29.0. The number of carbonyl (C=O) groups is 2. The van der Waals surface area contributed by atoms with Gasteiger partial charge in [-0.05, 0) is 98.7 Å². The van der Waals surface area contributed by atoms with Gasteiger partial charge in [-0.25, -0.2) is 9.67 Å². The minimum absolute atomic E-state index is 0.242. The number of anilines is 1. The fourth-order valence-electron chi connectivity index (χ4n) is 8.16. The predicted molar refractivity (Wildman–Crippen MR) is 223 cm³/mol. The van der Waals surface area contributed by atoms with Gasteiger partial charge in [0.1, 0.15) is 0 Å². The van der Waals surface area contributed by atoms with Crippen molar-refractivity contribution in [1.82, 2.24) is 35.6 Å². The van der Waals surface area contributed by atoms with Crippen molar-refractivity contribution in [2.45, 2.75) is 91.3 Å². The highest BCUT2D eigenvalue weighted by molar-refractivity contribution is 6.00. The average molecular weight is 768 g/mol. The molecule has 3 aromatic carbocycles. The molecule has 2 saturated heterocycles. The van der Waals surface area contributed by atoms with Crippen LogP contribution in [0.5, 0.6) is 0 Å². The van der Waals surface area contributed by atoms with E-state index in [4.69, 9.17) is 9.72 Å². The van der Waals surface area contributed by atoms with Crippen LogP contribution in [0.25, 0.3) is 22.2 Å². The van der Waals surface area contributed by atoms with E-state index >= 15 is 0 Å². The van der Waals surface area contributed by atoms with E-state index in [1.165, 1.54) is 5.56 Å². The second-order valence-electron chi connectivity index (χ2n) is 15.3. The Kier molecular flexibility index (Phi) is 12.6. The van der Waals surface area contributed by atoms with E-state index in [-0.39, 0.29) is 30.9 Å². The van der Waals surface area contributed by atoms with E-state index in [9.17, 15) is 14.9 Å². The number of aromatic nitrogens is 3. The molecule has 0 aliphatic carbocycles. The molecule has 0 bridgehead atoms. The number of piperazine rings is 1. The van der Waals surface area contributed by atoms with Crippen LogP contribution in [-0.4, -0.2) is 75.9 Å². The molecule has 0 radical (unpaired) electrons. The molecule has 2 aromatic heterocycles. The topological polar surface area (TPSA) is 149 Å². The highest BCUT2D eigenvalue weighted by Gasteiger charge is 2.23. The highest BCUT2D eigenvalue weighted by Crippen LogP contribution is 2.32. The van der Waals surface area contributed by atoms with Crippen molar-refractivity contribution in [3.8, 4) is 17.2 Å². The minimum Gasteiger partial charge on any atom is -0.381 e. The number of hydrogen-bond acceptors (Lipinski definition) is 9. The van der Waals surface area contributed by atoms with E-state index in [0.29, 0.717) is 55.0 Å². The number of carbonyl (C=O) groups excluding carboxylic acids is 2. The van der Waals surface area contributed by atoms with E-state index in [1.807, 2.05) is 48.1 Å². The number of hydrogen-bond donors (Lipinski definition) is 4. The van der Waals surface area contributed by atoms with Gasteiger partial charge in [0.05, 0.1) is 28.9 Å². The SMILES string of the molecule is CCc1nc2c(cnn2CC)c(NC2CCOCC2)c1CNC(=O)c1cccc(C(=O)NCc2ccc(C#N)c(-c3cccc(CN4C[C@@H](C)N[C@@H](C)C4)c3)c2)c1. The maximum atomic E-state index is 13.6. The Labute approximate surface area is 335 Å². The zero-order valence-corrected chi connectivity index (χ0v) is 33.4. The summed E-state index contributed by atoms with van der Waals surface area (Å²) in [6, 6.07) is 24.2. The monoisotopic (exact) mass is 767 g/mol. The first-order valence-electron chi connectivity index (χ1n) is 20.2. The molecule has 0 spiro atoms. The van der Waals surface area contributed by atoms with Gasteiger partial charge in [0, 0.05) is 93.0 Å². The van der Waals surface area contributed by atoms with E-state index in [1.54, 1.807) is 24.3 Å². The molecule has 2 atom stereocenters. The summed E-state index contributed by atoms with van der Waals surface area (Å²) >= 11 is 0. The Morgan fingerprint density at radius 2 is 1.63 bits per heavy atom. The van der Waals surface area contributed by atoms with Crippen molar-refractivity contribution in [3.05, 3.63) is 112 Å². The van der Waals surface area contributed by atoms with Crippen molar-refractivity contribution in [1.29, 1.82) is 5.26 Å². The lowest BCUT2D eigenvalue weighted by atomic mass is 9.96. The van der Waals surface area contributed by atoms with Crippen molar-refractivity contribution in [3.63, 3.8) is 0 Å². The molecule has 4 N–H and O–H groups in total. The summed E-state index contributed by atoms with van der Waals surface area (Å²) in [4.78, 5) is 34.5. The summed E-state index contributed by atoms with van der Waals surface area (Å²) < 4.78 is 7.50. The van der Waals surface area contributed by atoms with Gasteiger partial charge >= 0.3 is 0 Å². The smallest absolute Gasteiger partial charge is 0.251 e. The van der Waals surface area contributed by atoms with Gasteiger partial charge in [0.2, 0.25) is 0 Å². The quantitative estimate of drug-likeness (QED) is 0.110. The average Bonchev–Trinajstić information content (AvgIpc) is 3.65. The number of ether oxygens (including phenoxy) is 1. The van der Waals surface area contributed by atoms with E-state index in [0.717, 1.165) is 77.1 Å². The van der Waals surface area contributed by atoms with E-state index in [2.05, 4.69) is 70.2 Å². The van der Waals surface area contributed by atoms with Gasteiger partial charge in [-0.3, -0.25) is 14.5 Å². The number of fused-ring (bicyclic) bond motifs is 1. The van der Waals surface area contributed by atoms with Gasteiger partial charge in [0.15, 0.2) is 5.65 Å². The molecule has 0 saturated carbocycles. The lowest BCUT2D eigenvalue weighted by molar-refractivity contribution is 0.0904. The Balaban J connectivity index is 1.03. The summed E-state index contributed by atoms with van der Waals surface area (Å²) in [5.74, 6) is -0.580. The van der Waals surface area contributed by atoms with Crippen LogP contribution in [0.3, 0.4) is 0 Å². The maximum absolute atomic E-state index is 13.6. The molecule has 5 aromatic rings. The zero-order valence-electron chi connectivity index (χ0n) is 33.4. The van der Waals surface area contributed by atoms with Crippen LogP contribution < -0.4 is 21.3 Å². The largest absolute Gasteiger partial charge is 0.381 e. The molecule has 296 valence electrons. The second kappa shape index (κ2) is 18.1. The molecule has 7 rings (SSSR count). The molecule has 2 amide bonds. The highest BCUT2D eigenvalue weighted by atomic mass is 16.5.